The Kier molecular flexibility index (Phi) is 5.90. The number of rotatable bonds is 4. The number of nitrogens with one attached hydrogen (secondary N) is 1. The molecular formula is C11H20N2O4S. The van der Waals surface area contributed by atoms with Crippen molar-refractivity contribution in [1.29, 1.82) is 0 Å². The van der Waals surface area contributed by atoms with Gasteiger partial charge in [-0.25, -0.2) is 0 Å². The van der Waals surface area contributed by atoms with Crippen LogP contribution in [0.2, 0.25) is 0 Å². The first-order chi connectivity index (χ1) is 8.47. The zero-order valence-electron chi connectivity index (χ0n) is 10.6. The monoisotopic (exact) mass is 276 g/mol. The molecule has 6 nitrogen and oxygen atoms in total. The maximum absolute atomic E-state index is 12.2. The van der Waals surface area contributed by atoms with E-state index in [0.29, 0.717) is 13.1 Å². The second-order valence-electron chi connectivity index (χ2n) is 4.43. The van der Waals surface area contributed by atoms with E-state index in [4.69, 9.17) is 9.84 Å². The number of carbonyl (C=O) groups is 2. The molecule has 7 heteroatoms. The molecule has 3 unspecified atom stereocenters. The van der Waals surface area contributed by atoms with Crippen molar-refractivity contribution in [3.63, 3.8) is 0 Å². The quantitative estimate of drug-likeness (QED) is 0.577. The maximum atomic E-state index is 12.2. The molecule has 1 heterocycles. The molecule has 1 aliphatic heterocycles. The summed E-state index contributed by atoms with van der Waals surface area (Å²) in [7, 11) is 0. The molecule has 104 valence electrons. The van der Waals surface area contributed by atoms with Gasteiger partial charge < -0.3 is 20.1 Å². The fourth-order valence-corrected chi connectivity index (χ4v) is 2.22. The summed E-state index contributed by atoms with van der Waals surface area (Å²) in [5, 5.41) is 11.7. The van der Waals surface area contributed by atoms with E-state index in [2.05, 4.69) is 17.9 Å². The molecule has 2 amide bonds. The third-order valence-corrected chi connectivity index (χ3v) is 3.06. The number of thiol groups is 1. The van der Waals surface area contributed by atoms with Gasteiger partial charge in [-0.05, 0) is 6.92 Å². The van der Waals surface area contributed by atoms with Gasteiger partial charge in [0.2, 0.25) is 11.8 Å². The van der Waals surface area contributed by atoms with E-state index < -0.39 is 6.04 Å². The van der Waals surface area contributed by atoms with Crippen molar-refractivity contribution in [1.82, 2.24) is 10.2 Å². The fraction of sp³-hybridized carbons (Fsp3) is 0.818. The summed E-state index contributed by atoms with van der Waals surface area (Å²) in [4.78, 5) is 24.8. The molecule has 0 aromatic rings. The van der Waals surface area contributed by atoms with Crippen molar-refractivity contribution in [2.24, 2.45) is 0 Å². The number of aliphatic hydroxyl groups is 1. The summed E-state index contributed by atoms with van der Waals surface area (Å²) in [5.41, 5.74) is 0. The van der Waals surface area contributed by atoms with Gasteiger partial charge in [0.1, 0.15) is 6.04 Å². The fourth-order valence-electron chi connectivity index (χ4n) is 1.98. The van der Waals surface area contributed by atoms with Crippen LogP contribution in [0, 0.1) is 0 Å². The molecule has 0 aromatic carbocycles. The van der Waals surface area contributed by atoms with Gasteiger partial charge in [-0.1, -0.05) is 0 Å². The average Bonchev–Trinajstić information content (AvgIpc) is 2.34. The molecule has 1 saturated heterocycles. The number of aliphatic hydroxyl groups excluding tert-OH is 1. The SMILES string of the molecule is CC(=O)NC(CS)C(=O)N1CC(C)OC(CO)C1. The highest BCUT2D eigenvalue weighted by atomic mass is 32.1. The highest BCUT2D eigenvalue weighted by Crippen LogP contribution is 2.12. The second-order valence-corrected chi connectivity index (χ2v) is 4.80. The van der Waals surface area contributed by atoms with Crippen molar-refractivity contribution in [2.45, 2.75) is 32.1 Å². The summed E-state index contributed by atoms with van der Waals surface area (Å²) in [6, 6.07) is -0.629. The van der Waals surface area contributed by atoms with Gasteiger partial charge in [0.05, 0.1) is 18.8 Å². The van der Waals surface area contributed by atoms with Crippen LogP contribution < -0.4 is 5.32 Å². The van der Waals surface area contributed by atoms with Crippen LogP contribution in [-0.2, 0) is 14.3 Å². The van der Waals surface area contributed by atoms with Gasteiger partial charge in [-0.3, -0.25) is 9.59 Å². The lowest BCUT2D eigenvalue weighted by Crippen LogP contribution is -2.56. The minimum absolute atomic E-state index is 0.125. The lowest BCUT2D eigenvalue weighted by atomic mass is 10.2. The molecule has 0 aliphatic carbocycles. The van der Waals surface area contributed by atoms with E-state index in [-0.39, 0.29) is 36.4 Å². The molecule has 0 radical (unpaired) electrons. The van der Waals surface area contributed by atoms with Gasteiger partial charge in [-0.15, -0.1) is 0 Å². The molecule has 3 atom stereocenters. The van der Waals surface area contributed by atoms with E-state index >= 15 is 0 Å². The van der Waals surface area contributed by atoms with Crippen LogP contribution in [0.5, 0.6) is 0 Å². The van der Waals surface area contributed by atoms with E-state index in [1.807, 2.05) is 6.92 Å². The molecule has 0 aromatic heterocycles. The van der Waals surface area contributed by atoms with Gasteiger partial charge in [0.25, 0.3) is 0 Å². The summed E-state index contributed by atoms with van der Waals surface area (Å²) >= 11 is 4.07. The van der Waals surface area contributed by atoms with Crippen LogP contribution in [0.1, 0.15) is 13.8 Å². The van der Waals surface area contributed by atoms with Crippen LogP contribution in [0.25, 0.3) is 0 Å². The average molecular weight is 276 g/mol. The highest BCUT2D eigenvalue weighted by Gasteiger charge is 2.31. The molecule has 2 N–H and O–H groups in total. The first-order valence-electron chi connectivity index (χ1n) is 5.91. The predicted octanol–water partition coefficient (Wildman–Crippen LogP) is -0.971. The van der Waals surface area contributed by atoms with Crippen molar-refractivity contribution >= 4 is 24.4 Å². The minimum atomic E-state index is -0.629. The first kappa shape index (κ1) is 15.3. The number of amides is 2. The highest BCUT2D eigenvalue weighted by molar-refractivity contribution is 7.80. The van der Waals surface area contributed by atoms with Gasteiger partial charge in [-0.2, -0.15) is 12.6 Å². The maximum Gasteiger partial charge on any atom is 0.246 e. The topological polar surface area (TPSA) is 78.9 Å². The molecule has 0 bridgehead atoms. The molecule has 1 fully saturated rings. The normalized spacial score (nSPS) is 25.7. The number of nitrogens with zero attached hydrogens (tertiary/aromatic N) is 1. The third-order valence-electron chi connectivity index (χ3n) is 2.70. The summed E-state index contributed by atoms with van der Waals surface area (Å²) in [6.07, 6.45) is -0.492. The molecular weight excluding hydrogens is 256 g/mol. The number of carbonyl (C=O) groups excluding carboxylic acids is 2. The van der Waals surface area contributed by atoms with E-state index in [9.17, 15) is 9.59 Å². The van der Waals surface area contributed by atoms with Crippen molar-refractivity contribution in [3.05, 3.63) is 0 Å². The lowest BCUT2D eigenvalue weighted by Gasteiger charge is -2.37. The Morgan fingerprint density at radius 1 is 1.56 bits per heavy atom. The van der Waals surface area contributed by atoms with E-state index in [1.54, 1.807) is 4.90 Å². The zero-order chi connectivity index (χ0) is 13.7. The van der Waals surface area contributed by atoms with Crippen LogP contribution >= 0.6 is 12.6 Å². The molecule has 1 aliphatic rings. The standard InChI is InChI=1S/C11H20N2O4S/c1-7-3-13(4-9(5-14)17-7)11(16)10(6-18)12-8(2)15/h7,9-10,14,18H,3-6H2,1-2H3,(H,12,15). The van der Waals surface area contributed by atoms with Crippen molar-refractivity contribution in [3.8, 4) is 0 Å². The van der Waals surface area contributed by atoms with Crippen molar-refractivity contribution < 1.29 is 19.4 Å². The van der Waals surface area contributed by atoms with E-state index in [0.717, 1.165) is 0 Å². The minimum Gasteiger partial charge on any atom is -0.394 e. The number of morpholine rings is 1. The van der Waals surface area contributed by atoms with Gasteiger partial charge >= 0.3 is 0 Å². The number of hydrogen-bond acceptors (Lipinski definition) is 5. The molecule has 1 rings (SSSR count). The van der Waals surface area contributed by atoms with Crippen LogP contribution in [0.15, 0.2) is 0 Å². The van der Waals surface area contributed by atoms with Gasteiger partial charge in [0.15, 0.2) is 0 Å². The van der Waals surface area contributed by atoms with Crippen molar-refractivity contribution in [2.75, 3.05) is 25.4 Å². The number of hydrogen-bond donors (Lipinski definition) is 3. The van der Waals surface area contributed by atoms with Crippen LogP contribution in [0.3, 0.4) is 0 Å². The summed E-state index contributed by atoms with van der Waals surface area (Å²) in [6.45, 7) is 3.88. The lowest BCUT2D eigenvalue weighted by molar-refractivity contribution is -0.149. The zero-order valence-corrected chi connectivity index (χ0v) is 11.5. The largest absolute Gasteiger partial charge is 0.394 e. The molecule has 0 spiro atoms. The first-order valence-corrected chi connectivity index (χ1v) is 6.54. The Morgan fingerprint density at radius 3 is 2.72 bits per heavy atom. The number of ether oxygens (including phenoxy) is 1. The summed E-state index contributed by atoms with van der Waals surface area (Å²) < 4.78 is 5.46. The Bertz CT molecular complexity index is 313. The van der Waals surface area contributed by atoms with Crippen LogP contribution in [0.4, 0.5) is 0 Å². The summed E-state index contributed by atoms with van der Waals surface area (Å²) in [5.74, 6) is -0.204. The second kappa shape index (κ2) is 6.96. The van der Waals surface area contributed by atoms with E-state index in [1.165, 1.54) is 6.92 Å². The van der Waals surface area contributed by atoms with Crippen LogP contribution in [-0.4, -0.2) is 65.5 Å². The molecule has 0 saturated carbocycles. The Labute approximate surface area is 112 Å². The Balaban J connectivity index is 2.65. The van der Waals surface area contributed by atoms with Gasteiger partial charge in [0, 0.05) is 25.8 Å². The third kappa shape index (κ3) is 4.15. The smallest absolute Gasteiger partial charge is 0.246 e. The molecule has 18 heavy (non-hydrogen) atoms. The Morgan fingerprint density at radius 2 is 2.22 bits per heavy atom. The Hall–Kier alpha value is -0.790. The predicted molar refractivity (Wildman–Crippen MR) is 69.5 cm³/mol.